The monoisotopic (exact) mass is 1670 g/mol. The molecule has 0 aliphatic heterocycles. The summed E-state index contributed by atoms with van der Waals surface area (Å²) in [4.78, 5) is 80.8. The summed E-state index contributed by atoms with van der Waals surface area (Å²) < 4.78 is 52.8. The SMILES string of the molecule is CCCCC/C=C\C/C=C\CCCCCC(OC(=O)CCC(OCCCCCCCC)OCCCCCCCC)C(CC(C)COC(=O)CCN(C)C)C(=O)O.CCCCC/C=C\C/C=C\CCCCCC(OC(=O)CCCCC(OCCCCCCCC)OCCCCCCCC)C(CC(C)COC(=O)OCCCN(CC)CC)C(=O)O. The molecule has 2 N–H and O–H groups in total. The van der Waals surface area contributed by atoms with Crippen LogP contribution in [0.5, 0.6) is 0 Å². The number of nitrogens with zero attached hydrogens (tertiary/aromatic N) is 2. The summed E-state index contributed by atoms with van der Waals surface area (Å²) in [6.07, 6.45) is 67.3. The molecule has 0 heterocycles. The molecule has 0 aromatic rings. The van der Waals surface area contributed by atoms with Crippen LogP contribution < -0.4 is 0 Å². The second-order valence-corrected chi connectivity index (χ2v) is 33.5. The molecule has 0 fully saturated rings. The predicted molar refractivity (Wildman–Crippen MR) is 486 cm³/mol. The summed E-state index contributed by atoms with van der Waals surface area (Å²) in [7, 11) is 3.79. The van der Waals surface area contributed by atoms with Gasteiger partial charge in [-0.3, -0.25) is 24.0 Å². The van der Waals surface area contributed by atoms with E-state index >= 15 is 0 Å². The van der Waals surface area contributed by atoms with Crippen molar-refractivity contribution in [2.24, 2.45) is 23.7 Å². The number of rotatable bonds is 87. The fraction of sp³-hybridized carbons (Fsp3) is 0.859. The van der Waals surface area contributed by atoms with Crippen molar-refractivity contribution in [3.63, 3.8) is 0 Å². The first-order valence-corrected chi connectivity index (χ1v) is 48.6. The highest BCUT2D eigenvalue weighted by Gasteiger charge is 2.35. The Bertz CT molecular complexity index is 2350. The lowest BCUT2D eigenvalue weighted by molar-refractivity contribution is -0.168. The second kappa shape index (κ2) is 88.6. The Morgan fingerprint density at radius 1 is 0.322 bits per heavy atom. The molecule has 6 unspecified atom stereocenters. The van der Waals surface area contributed by atoms with Gasteiger partial charge in [-0.05, 0) is 193 Å². The van der Waals surface area contributed by atoms with Crippen LogP contribution in [0.2, 0.25) is 0 Å². The van der Waals surface area contributed by atoms with Crippen LogP contribution in [0.15, 0.2) is 48.6 Å². The van der Waals surface area contributed by atoms with Crippen LogP contribution in [0.4, 0.5) is 4.79 Å². The van der Waals surface area contributed by atoms with Gasteiger partial charge in [0, 0.05) is 52.4 Å². The molecule has 0 aromatic carbocycles. The van der Waals surface area contributed by atoms with Crippen molar-refractivity contribution < 1.29 is 81.6 Å². The molecular formula is C99H184N2O17. The summed E-state index contributed by atoms with van der Waals surface area (Å²) in [5.74, 6) is -5.40. The number of carbonyl (C=O) groups is 6. The lowest BCUT2D eigenvalue weighted by Crippen LogP contribution is -2.35. The summed E-state index contributed by atoms with van der Waals surface area (Å²) in [6.45, 7) is 27.6. The molecule has 0 bridgehead atoms. The van der Waals surface area contributed by atoms with Crippen LogP contribution in [-0.2, 0) is 66.6 Å². The third-order valence-electron chi connectivity index (χ3n) is 21.7. The number of carboxylic acid groups (broad SMARTS) is 2. The Morgan fingerprint density at radius 2 is 0.661 bits per heavy atom. The molecule has 0 aliphatic carbocycles. The minimum atomic E-state index is -1.01. The largest absolute Gasteiger partial charge is 0.508 e. The zero-order chi connectivity index (χ0) is 87.2. The average Bonchev–Trinajstić information content (AvgIpc) is 0.877. The zero-order valence-electron chi connectivity index (χ0n) is 78.1. The van der Waals surface area contributed by atoms with E-state index in [-0.39, 0.29) is 82.0 Å². The predicted octanol–water partition coefficient (Wildman–Crippen LogP) is 26.2. The standard InChI is InChI=1S/C52H97NO9.C47H87NO8/c1-7-12-15-18-21-22-23-24-25-26-27-28-31-37-48(47(51(55)56)44-46(6)45-61-52(57)60-43-36-40-53(10-4)11-5)62-49(54)38-32-33-39-50(58-41-34-29-19-16-13-8-2)59-42-35-30-20-17-14-9-3;1-7-10-13-16-19-20-21-22-23-24-25-26-29-32-43(42(47(51)52)39-41(4)40-55-44(49)35-36-48(5)6)56-45(50)33-34-46(53-37-30-27-17-14-11-8-2)54-38-31-28-18-15-12-9-3/h21-22,24-25,46-48,50H,7-20,23,26-45H2,1-6H3,(H,55,56);19-20,22-23,41-43,46H,7-18,21,24-40H2,1-6H3,(H,51,52)/b22-21-,25-24-;20-19-,23-22-. The number of unbranched alkanes of at least 4 members (excludes halogenated alkanes) is 33. The van der Waals surface area contributed by atoms with Gasteiger partial charge in [-0.2, -0.15) is 0 Å². The van der Waals surface area contributed by atoms with Gasteiger partial charge in [0.05, 0.1) is 44.5 Å². The molecule has 0 aliphatic rings. The molecule has 19 nitrogen and oxygen atoms in total. The number of carboxylic acids is 2. The van der Waals surface area contributed by atoms with Crippen LogP contribution in [0.1, 0.15) is 416 Å². The summed E-state index contributed by atoms with van der Waals surface area (Å²) in [5.41, 5.74) is 0. The average molecular weight is 1670 g/mol. The Labute approximate surface area is 723 Å². The van der Waals surface area contributed by atoms with E-state index in [4.69, 9.17) is 42.6 Å². The van der Waals surface area contributed by atoms with E-state index in [0.717, 1.165) is 142 Å². The molecule has 19 heteroatoms. The number of allylic oxidation sites excluding steroid dienone is 8. The van der Waals surface area contributed by atoms with E-state index < -0.39 is 54.4 Å². The van der Waals surface area contributed by atoms with Gasteiger partial charge in [-0.15, -0.1) is 0 Å². The summed E-state index contributed by atoms with van der Waals surface area (Å²) >= 11 is 0. The molecule has 0 radical (unpaired) electrons. The molecule has 118 heavy (non-hydrogen) atoms. The van der Waals surface area contributed by atoms with E-state index in [9.17, 15) is 39.0 Å². The molecule has 0 saturated heterocycles. The van der Waals surface area contributed by atoms with Gasteiger partial charge in [0.1, 0.15) is 12.2 Å². The van der Waals surface area contributed by atoms with Crippen LogP contribution in [0, 0.1) is 23.7 Å². The summed E-state index contributed by atoms with van der Waals surface area (Å²) in [5, 5.41) is 20.8. The van der Waals surface area contributed by atoms with Gasteiger partial charge < -0.3 is 62.6 Å². The topological polar surface area (TPSA) is 232 Å². The third kappa shape index (κ3) is 78.6. The Morgan fingerprint density at radius 3 is 1.04 bits per heavy atom. The van der Waals surface area contributed by atoms with Crippen LogP contribution >= 0.6 is 0 Å². The van der Waals surface area contributed by atoms with Crippen molar-refractivity contribution in [3.05, 3.63) is 48.6 Å². The van der Waals surface area contributed by atoms with Crippen LogP contribution in [0.3, 0.4) is 0 Å². The third-order valence-corrected chi connectivity index (χ3v) is 21.7. The first-order valence-electron chi connectivity index (χ1n) is 48.6. The smallest absolute Gasteiger partial charge is 0.481 e. The first kappa shape index (κ1) is 115. The Balaban J connectivity index is 0. The van der Waals surface area contributed by atoms with E-state index in [0.29, 0.717) is 71.5 Å². The maximum atomic E-state index is 13.4. The number of hydrogen-bond donors (Lipinski definition) is 2. The van der Waals surface area contributed by atoms with Gasteiger partial charge in [-0.1, -0.05) is 285 Å². The van der Waals surface area contributed by atoms with Crippen molar-refractivity contribution in [2.75, 3.05) is 86.5 Å². The molecule has 0 aromatic heterocycles. The number of ether oxygens (including phenoxy) is 9. The van der Waals surface area contributed by atoms with Crippen LogP contribution in [0.25, 0.3) is 0 Å². The van der Waals surface area contributed by atoms with Gasteiger partial charge in [0.2, 0.25) is 0 Å². The first-order chi connectivity index (χ1) is 57.3. The fourth-order valence-corrected chi connectivity index (χ4v) is 14.1. The van der Waals surface area contributed by atoms with Crippen molar-refractivity contribution in [1.29, 1.82) is 0 Å². The fourth-order valence-electron chi connectivity index (χ4n) is 14.1. The number of esters is 3. The number of aliphatic carboxylic acids is 2. The Kier molecular flexibility index (Phi) is 86.7. The molecule has 692 valence electrons. The minimum Gasteiger partial charge on any atom is -0.481 e. The van der Waals surface area contributed by atoms with E-state index in [2.05, 4.69) is 109 Å². The quantitative estimate of drug-likeness (QED) is 0.0189. The highest BCUT2D eigenvalue weighted by molar-refractivity contribution is 5.74. The van der Waals surface area contributed by atoms with Gasteiger partial charge in [-0.25, -0.2) is 4.79 Å². The van der Waals surface area contributed by atoms with E-state index in [1.165, 1.54) is 154 Å². The summed E-state index contributed by atoms with van der Waals surface area (Å²) in [6, 6.07) is 0. The maximum Gasteiger partial charge on any atom is 0.508 e. The van der Waals surface area contributed by atoms with E-state index in [1.807, 2.05) is 32.8 Å². The van der Waals surface area contributed by atoms with E-state index in [1.54, 1.807) is 0 Å². The number of carbonyl (C=O) groups excluding carboxylic acids is 4. The highest BCUT2D eigenvalue weighted by atomic mass is 16.7. The zero-order valence-corrected chi connectivity index (χ0v) is 78.1. The minimum absolute atomic E-state index is 0.0304. The second-order valence-electron chi connectivity index (χ2n) is 33.5. The maximum absolute atomic E-state index is 13.4. The number of hydrogen-bond acceptors (Lipinski definition) is 17. The lowest BCUT2D eigenvalue weighted by Gasteiger charge is -2.27. The van der Waals surface area contributed by atoms with Gasteiger partial charge in [0.25, 0.3) is 0 Å². The molecule has 6 atom stereocenters. The normalized spacial score (nSPS) is 13.5. The van der Waals surface area contributed by atoms with Crippen LogP contribution in [-0.4, -0.2) is 167 Å². The molecule has 0 rings (SSSR count). The van der Waals surface area contributed by atoms with Crippen molar-refractivity contribution >= 4 is 36.0 Å². The molecule has 0 saturated carbocycles. The Hall–Kier alpha value is -4.66. The molecule has 0 amide bonds. The lowest BCUT2D eigenvalue weighted by atomic mass is 9.88. The van der Waals surface area contributed by atoms with Crippen molar-refractivity contribution in [1.82, 2.24) is 9.80 Å². The van der Waals surface area contributed by atoms with Gasteiger partial charge >= 0.3 is 36.0 Å². The van der Waals surface area contributed by atoms with Gasteiger partial charge in [0.15, 0.2) is 12.6 Å². The van der Waals surface area contributed by atoms with Crippen molar-refractivity contribution in [2.45, 2.75) is 441 Å². The van der Waals surface area contributed by atoms with Crippen molar-refractivity contribution in [3.8, 4) is 0 Å². The molecular weight excluding hydrogens is 1490 g/mol. The molecule has 0 spiro atoms. The highest BCUT2D eigenvalue weighted by Crippen LogP contribution is 2.28.